The summed E-state index contributed by atoms with van der Waals surface area (Å²) in [7, 11) is 0. The number of anilines is 1. The first-order valence-electron chi connectivity index (χ1n) is 7.05. The predicted molar refractivity (Wildman–Crippen MR) is 76.2 cm³/mol. The highest BCUT2D eigenvalue weighted by Crippen LogP contribution is 2.28. The molecule has 3 rings (SSSR count). The fraction of sp³-hybridized carbons (Fsp3) is 0.533. The molecular formula is C15H21N3. The van der Waals surface area contributed by atoms with Crippen molar-refractivity contribution in [1.82, 2.24) is 5.32 Å². The highest BCUT2D eigenvalue weighted by atomic mass is 15.3. The van der Waals surface area contributed by atoms with Crippen molar-refractivity contribution in [2.24, 2.45) is 4.99 Å². The summed E-state index contributed by atoms with van der Waals surface area (Å²) in [5.74, 6) is 1.08. The van der Waals surface area contributed by atoms with Gasteiger partial charge >= 0.3 is 0 Å². The Kier molecular flexibility index (Phi) is 3.22. The van der Waals surface area contributed by atoms with Gasteiger partial charge < -0.3 is 10.2 Å². The largest absolute Gasteiger partial charge is 0.353 e. The summed E-state index contributed by atoms with van der Waals surface area (Å²) >= 11 is 0. The van der Waals surface area contributed by atoms with Gasteiger partial charge in [-0.1, -0.05) is 18.2 Å². The van der Waals surface area contributed by atoms with E-state index >= 15 is 0 Å². The standard InChI is InChI=1S/C15H21N3/c1-2-16-15(17-13-7-5-8-13)18-11-10-12-6-3-4-9-14(12)18/h3-4,6,9,13H,2,5,7-8,10-11H2,1H3,(H,16,17). The van der Waals surface area contributed by atoms with Crippen molar-refractivity contribution in [3.8, 4) is 0 Å². The summed E-state index contributed by atoms with van der Waals surface area (Å²) in [5, 5.41) is 3.61. The maximum atomic E-state index is 4.66. The van der Waals surface area contributed by atoms with E-state index < -0.39 is 0 Å². The number of aliphatic imine (C=N–C) groups is 1. The van der Waals surface area contributed by atoms with Gasteiger partial charge in [-0.05, 0) is 44.2 Å². The van der Waals surface area contributed by atoms with Gasteiger partial charge in [0.05, 0.1) is 0 Å². The molecule has 0 radical (unpaired) electrons. The molecule has 1 N–H and O–H groups in total. The normalized spacial score (nSPS) is 19.6. The van der Waals surface area contributed by atoms with Crippen LogP contribution in [0, 0.1) is 0 Å². The summed E-state index contributed by atoms with van der Waals surface area (Å²) in [6, 6.07) is 9.31. The molecular weight excluding hydrogens is 222 g/mol. The number of rotatable bonds is 2. The fourth-order valence-electron chi connectivity index (χ4n) is 2.65. The molecule has 0 atom stereocenters. The van der Waals surface area contributed by atoms with Gasteiger partial charge in [0.25, 0.3) is 0 Å². The Bertz CT molecular complexity index is 449. The molecule has 0 saturated heterocycles. The van der Waals surface area contributed by atoms with Gasteiger partial charge in [-0.2, -0.15) is 0 Å². The Morgan fingerprint density at radius 2 is 2.22 bits per heavy atom. The van der Waals surface area contributed by atoms with Crippen molar-refractivity contribution < 1.29 is 0 Å². The van der Waals surface area contributed by atoms with Crippen LogP contribution in [0.3, 0.4) is 0 Å². The lowest BCUT2D eigenvalue weighted by Crippen LogP contribution is -2.48. The molecule has 18 heavy (non-hydrogen) atoms. The minimum atomic E-state index is 0.642. The monoisotopic (exact) mass is 243 g/mol. The number of fused-ring (bicyclic) bond motifs is 1. The van der Waals surface area contributed by atoms with Crippen molar-refractivity contribution in [3.63, 3.8) is 0 Å². The van der Waals surface area contributed by atoms with E-state index in [1.165, 1.54) is 30.5 Å². The van der Waals surface area contributed by atoms with Gasteiger partial charge in [0.2, 0.25) is 0 Å². The number of benzene rings is 1. The average molecular weight is 243 g/mol. The maximum absolute atomic E-state index is 4.66. The molecule has 1 aromatic rings. The Labute approximate surface area is 109 Å². The van der Waals surface area contributed by atoms with E-state index in [1.54, 1.807) is 0 Å². The summed E-state index contributed by atoms with van der Waals surface area (Å²) < 4.78 is 0. The average Bonchev–Trinajstić information content (AvgIpc) is 2.76. The van der Waals surface area contributed by atoms with Crippen LogP contribution >= 0.6 is 0 Å². The van der Waals surface area contributed by atoms with Crippen LogP contribution in [-0.2, 0) is 6.42 Å². The molecule has 1 aromatic carbocycles. The molecule has 1 fully saturated rings. The third kappa shape index (κ3) is 2.09. The molecule has 3 nitrogen and oxygen atoms in total. The molecule has 3 heteroatoms. The van der Waals surface area contributed by atoms with Crippen molar-refractivity contribution in [3.05, 3.63) is 29.8 Å². The summed E-state index contributed by atoms with van der Waals surface area (Å²) in [6.45, 7) is 4.00. The lowest BCUT2D eigenvalue weighted by molar-refractivity contribution is 0.381. The SMILES string of the molecule is CCN=C(NC1CCC1)N1CCc2ccccc21. The van der Waals surface area contributed by atoms with Gasteiger partial charge in [0.1, 0.15) is 0 Å². The van der Waals surface area contributed by atoms with Gasteiger partial charge in [-0.25, -0.2) is 0 Å². The summed E-state index contributed by atoms with van der Waals surface area (Å²) in [5.41, 5.74) is 2.77. The fourth-order valence-corrected chi connectivity index (χ4v) is 2.65. The Balaban J connectivity index is 1.81. The van der Waals surface area contributed by atoms with Crippen LogP contribution in [0.5, 0.6) is 0 Å². The van der Waals surface area contributed by atoms with Crippen molar-refractivity contribution in [2.45, 2.75) is 38.6 Å². The van der Waals surface area contributed by atoms with E-state index in [4.69, 9.17) is 0 Å². The summed E-state index contributed by atoms with van der Waals surface area (Å²) in [6.07, 6.45) is 5.06. The maximum Gasteiger partial charge on any atom is 0.198 e. The summed E-state index contributed by atoms with van der Waals surface area (Å²) in [4.78, 5) is 7.00. The van der Waals surface area contributed by atoms with Crippen LogP contribution in [-0.4, -0.2) is 25.1 Å². The van der Waals surface area contributed by atoms with Gasteiger partial charge in [0.15, 0.2) is 5.96 Å². The predicted octanol–water partition coefficient (Wildman–Crippen LogP) is 2.57. The van der Waals surface area contributed by atoms with E-state index in [0.717, 1.165) is 25.5 Å². The van der Waals surface area contributed by atoms with Gasteiger partial charge in [-0.3, -0.25) is 4.99 Å². The smallest absolute Gasteiger partial charge is 0.198 e. The second kappa shape index (κ2) is 5.01. The minimum Gasteiger partial charge on any atom is -0.353 e. The first-order valence-corrected chi connectivity index (χ1v) is 7.05. The number of hydrogen-bond acceptors (Lipinski definition) is 1. The van der Waals surface area contributed by atoms with Crippen LogP contribution < -0.4 is 10.2 Å². The molecule has 1 aliphatic carbocycles. The Morgan fingerprint density at radius 3 is 2.94 bits per heavy atom. The van der Waals surface area contributed by atoms with Crippen molar-refractivity contribution >= 4 is 11.6 Å². The van der Waals surface area contributed by atoms with E-state index in [-0.39, 0.29) is 0 Å². The number of para-hydroxylation sites is 1. The lowest BCUT2D eigenvalue weighted by atomic mass is 9.93. The zero-order valence-corrected chi connectivity index (χ0v) is 11.0. The van der Waals surface area contributed by atoms with E-state index in [9.17, 15) is 0 Å². The molecule has 1 aliphatic heterocycles. The number of nitrogens with one attached hydrogen (secondary N) is 1. The topological polar surface area (TPSA) is 27.6 Å². The second-order valence-electron chi connectivity index (χ2n) is 5.10. The van der Waals surface area contributed by atoms with Crippen LogP contribution in [0.25, 0.3) is 0 Å². The number of hydrogen-bond donors (Lipinski definition) is 1. The molecule has 1 saturated carbocycles. The van der Waals surface area contributed by atoms with E-state index in [1.807, 2.05) is 0 Å². The quantitative estimate of drug-likeness (QED) is 0.638. The number of nitrogens with zero attached hydrogens (tertiary/aromatic N) is 2. The number of guanidine groups is 1. The molecule has 1 heterocycles. The highest BCUT2D eigenvalue weighted by Gasteiger charge is 2.26. The molecule has 0 amide bonds. The molecule has 2 aliphatic rings. The molecule has 0 unspecified atom stereocenters. The van der Waals surface area contributed by atoms with Crippen LogP contribution in [0.2, 0.25) is 0 Å². The van der Waals surface area contributed by atoms with Crippen LogP contribution in [0.4, 0.5) is 5.69 Å². The first kappa shape index (κ1) is 11.6. The van der Waals surface area contributed by atoms with Crippen LogP contribution in [0.15, 0.2) is 29.3 Å². The first-order chi connectivity index (χ1) is 8.88. The Hall–Kier alpha value is -1.51. The lowest BCUT2D eigenvalue weighted by Gasteiger charge is -2.32. The molecule has 0 bridgehead atoms. The van der Waals surface area contributed by atoms with Gasteiger partial charge in [0, 0.05) is 24.8 Å². The Morgan fingerprint density at radius 1 is 1.39 bits per heavy atom. The second-order valence-corrected chi connectivity index (χ2v) is 5.10. The third-order valence-electron chi connectivity index (χ3n) is 3.89. The van der Waals surface area contributed by atoms with Crippen molar-refractivity contribution in [2.75, 3.05) is 18.0 Å². The highest BCUT2D eigenvalue weighted by molar-refractivity contribution is 5.98. The minimum absolute atomic E-state index is 0.642. The zero-order chi connectivity index (χ0) is 12.4. The molecule has 96 valence electrons. The van der Waals surface area contributed by atoms with Crippen LogP contribution in [0.1, 0.15) is 31.7 Å². The zero-order valence-electron chi connectivity index (χ0n) is 11.0. The van der Waals surface area contributed by atoms with Crippen molar-refractivity contribution in [1.29, 1.82) is 0 Å². The van der Waals surface area contributed by atoms with E-state index in [0.29, 0.717) is 6.04 Å². The van der Waals surface area contributed by atoms with E-state index in [2.05, 4.69) is 46.4 Å². The van der Waals surface area contributed by atoms with Gasteiger partial charge in [-0.15, -0.1) is 0 Å². The third-order valence-corrected chi connectivity index (χ3v) is 3.89. The molecule has 0 spiro atoms. The molecule has 0 aromatic heterocycles.